The topological polar surface area (TPSA) is 38.2 Å². The smallest absolute Gasteiger partial charge is 0.145 e. The lowest BCUT2D eigenvalue weighted by Crippen LogP contribution is -2.12. The van der Waals surface area contributed by atoms with E-state index in [1.165, 1.54) is 12.1 Å². The molecule has 4 aromatic rings. The normalized spacial score (nSPS) is 11.0. The van der Waals surface area contributed by atoms with Gasteiger partial charge in [0.2, 0.25) is 0 Å². The van der Waals surface area contributed by atoms with Gasteiger partial charge < -0.3 is 9.64 Å². The fourth-order valence-electron chi connectivity index (χ4n) is 3.81. The number of hydrogen-bond donors (Lipinski definition) is 0. The molecule has 0 spiro atoms. The molecule has 0 N–H and O–H groups in total. The number of rotatable bonds is 4. The second-order valence-electron chi connectivity index (χ2n) is 7.27. The Morgan fingerprint density at radius 2 is 1.80 bits per heavy atom. The zero-order chi connectivity index (χ0) is 21.4. The highest BCUT2D eigenvalue weighted by molar-refractivity contribution is 6.02. The van der Waals surface area contributed by atoms with E-state index in [2.05, 4.69) is 4.98 Å². The average molecular weight is 405 g/mol. The lowest BCUT2D eigenvalue weighted by Gasteiger charge is -2.22. The van der Waals surface area contributed by atoms with Crippen molar-refractivity contribution in [2.45, 2.75) is 6.92 Å². The van der Waals surface area contributed by atoms with Gasteiger partial charge in [-0.1, -0.05) is 0 Å². The second kappa shape index (κ2) is 7.71. The van der Waals surface area contributed by atoms with E-state index in [4.69, 9.17) is 9.72 Å². The van der Waals surface area contributed by atoms with Crippen molar-refractivity contribution in [1.82, 2.24) is 9.97 Å². The molecule has 0 aliphatic carbocycles. The first-order chi connectivity index (χ1) is 14.4. The highest BCUT2D eigenvalue weighted by Crippen LogP contribution is 2.41. The van der Waals surface area contributed by atoms with Gasteiger partial charge in [-0.3, -0.25) is 4.98 Å². The fraction of sp³-hybridized carbons (Fsp3) is 0.167. The van der Waals surface area contributed by atoms with E-state index in [0.717, 1.165) is 34.0 Å². The number of aromatic nitrogens is 2. The molecule has 152 valence electrons. The van der Waals surface area contributed by atoms with Gasteiger partial charge in [-0.15, -0.1) is 0 Å². The summed E-state index contributed by atoms with van der Waals surface area (Å²) in [6, 6.07) is 11.0. The summed E-state index contributed by atoms with van der Waals surface area (Å²) in [5, 5.41) is 0.822. The Kier molecular flexibility index (Phi) is 5.08. The molecule has 30 heavy (non-hydrogen) atoms. The van der Waals surface area contributed by atoms with Crippen LogP contribution in [-0.4, -0.2) is 31.2 Å². The molecule has 2 heterocycles. The summed E-state index contributed by atoms with van der Waals surface area (Å²) in [6.45, 7) is 2.00. The Balaban J connectivity index is 2.07. The van der Waals surface area contributed by atoms with Crippen molar-refractivity contribution in [2.24, 2.45) is 0 Å². The van der Waals surface area contributed by atoms with E-state index in [9.17, 15) is 8.78 Å². The molecule has 0 bridgehead atoms. The van der Waals surface area contributed by atoms with Gasteiger partial charge in [0.05, 0.1) is 18.5 Å². The molecule has 6 heteroatoms. The molecular weight excluding hydrogens is 384 g/mol. The number of nitrogens with zero attached hydrogens (tertiary/aromatic N) is 3. The number of methoxy groups -OCH3 is 1. The van der Waals surface area contributed by atoms with Gasteiger partial charge in [-0.05, 0) is 54.4 Å². The summed E-state index contributed by atoms with van der Waals surface area (Å²) < 4.78 is 33.5. The van der Waals surface area contributed by atoms with Gasteiger partial charge in [0.1, 0.15) is 22.9 Å². The van der Waals surface area contributed by atoms with Crippen molar-refractivity contribution in [1.29, 1.82) is 0 Å². The average Bonchev–Trinajstić information content (AvgIpc) is 2.72. The molecular formula is C24H21F2N3O. The van der Waals surface area contributed by atoms with Crippen LogP contribution in [0.2, 0.25) is 0 Å². The molecule has 0 unspecified atom stereocenters. The molecule has 0 aliphatic heterocycles. The number of pyridine rings is 2. The number of anilines is 1. The Labute approximate surface area is 173 Å². The minimum absolute atomic E-state index is 0.301. The number of fused-ring (bicyclic) bond motifs is 1. The third kappa shape index (κ3) is 3.34. The van der Waals surface area contributed by atoms with Crippen LogP contribution in [0.15, 0.2) is 54.9 Å². The molecule has 2 aromatic carbocycles. The largest absolute Gasteiger partial charge is 0.494 e. The molecule has 0 saturated carbocycles. The number of halogens is 2. The molecule has 4 nitrogen and oxygen atoms in total. The van der Waals surface area contributed by atoms with E-state index in [1.54, 1.807) is 25.6 Å². The van der Waals surface area contributed by atoms with Crippen molar-refractivity contribution >= 4 is 16.6 Å². The predicted octanol–water partition coefficient (Wildman–Crippen LogP) is 5.63. The fourth-order valence-corrected chi connectivity index (χ4v) is 3.81. The predicted molar refractivity (Wildman–Crippen MR) is 116 cm³/mol. The van der Waals surface area contributed by atoms with Gasteiger partial charge in [0, 0.05) is 49.1 Å². The van der Waals surface area contributed by atoms with Gasteiger partial charge >= 0.3 is 0 Å². The first-order valence-corrected chi connectivity index (χ1v) is 9.46. The molecule has 0 radical (unpaired) electrons. The minimum Gasteiger partial charge on any atom is -0.494 e. The first-order valence-electron chi connectivity index (χ1n) is 9.46. The molecule has 0 saturated heterocycles. The number of benzene rings is 2. The van der Waals surface area contributed by atoms with Crippen molar-refractivity contribution in [3.63, 3.8) is 0 Å². The van der Waals surface area contributed by atoms with E-state index in [1.807, 2.05) is 44.1 Å². The minimum atomic E-state index is -0.625. The van der Waals surface area contributed by atoms with Crippen LogP contribution in [0.25, 0.3) is 33.3 Å². The molecule has 2 aromatic heterocycles. The quantitative estimate of drug-likeness (QED) is 0.441. The molecule has 0 aliphatic rings. The maximum Gasteiger partial charge on any atom is 0.145 e. The van der Waals surface area contributed by atoms with Crippen LogP contribution in [-0.2, 0) is 0 Å². The summed E-state index contributed by atoms with van der Waals surface area (Å²) in [4.78, 5) is 11.1. The first kappa shape index (κ1) is 19.8. The maximum atomic E-state index is 14.5. The van der Waals surface area contributed by atoms with Crippen LogP contribution in [0.5, 0.6) is 5.75 Å². The lowest BCUT2D eigenvalue weighted by molar-refractivity contribution is 0.419. The summed E-state index contributed by atoms with van der Waals surface area (Å²) in [7, 11) is 5.46. The third-order valence-corrected chi connectivity index (χ3v) is 5.11. The lowest BCUT2D eigenvalue weighted by atomic mass is 9.97. The van der Waals surface area contributed by atoms with Crippen LogP contribution < -0.4 is 9.64 Å². The Hall–Kier alpha value is -3.54. The molecule has 0 amide bonds. The van der Waals surface area contributed by atoms with Crippen LogP contribution >= 0.6 is 0 Å². The molecule has 4 rings (SSSR count). The van der Waals surface area contributed by atoms with Crippen molar-refractivity contribution < 1.29 is 13.5 Å². The van der Waals surface area contributed by atoms with E-state index >= 15 is 0 Å². The zero-order valence-corrected chi connectivity index (χ0v) is 17.2. The second-order valence-corrected chi connectivity index (χ2v) is 7.27. The summed E-state index contributed by atoms with van der Waals surface area (Å²) in [5.41, 5.74) is 5.18. The van der Waals surface area contributed by atoms with E-state index in [0.29, 0.717) is 22.4 Å². The Bertz CT molecular complexity index is 1240. The highest BCUT2D eigenvalue weighted by atomic mass is 19.1. The van der Waals surface area contributed by atoms with E-state index in [-0.39, 0.29) is 0 Å². The van der Waals surface area contributed by atoms with Crippen LogP contribution in [0.1, 0.15) is 5.56 Å². The zero-order valence-electron chi connectivity index (χ0n) is 17.2. The number of ether oxygens (including phenoxy) is 1. The molecule has 0 atom stereocenters. The van der Waals surface area contributed by atoms with Crippen molar-refractivity contribution in [2.75, 3.05) is 26.1 Å². The summed E-state index contributed by atoms with van der Waals surface area (Å²) >= 11 is 0. The van der Waals surface area contributed by atoms with Gasteiger partial charge in [0.25, 0.3) is 0 Å². The van der Waals surface area contributed by atoms with Crippen molar-refractivity contribution in [3.8, 4) is 28.1 Å². The summed E-state index contributed by atoms with van der Waals surface area (Å²) in [5.74, 6) is -0.726. The van der Waals surface area contributed by atoms with Gasteiger partial charge in [0.15, 0.2) is 0 Å². The standard InChI is InChI=1S/C24H21F2N3O/c1-14-22(15-6-5-9-27-13-15)28-23-19(24(14)29(2)3)10-16(11-21(23)30-4)18-8-7-17(25)12-20(18)26/h5-13H,1-4H3. The highest BCUT2D eigenvalue weighted by Gasteiger charge is 2.20. The SMILES string of the molecule is COc1cc(-c2ccc(F)cc2F)cc2c(N(C)C)c(C)c(-c3cccnc3)nc12. The maximum absolute atomic E-state index is 14.5. The third-order valence-electron chi connectivity index (χ3n) is 5.11. The van der Waals surface area contributed by atoms with Crippen LogP contribution in [0.4, 0.5) is 14.5 Å². The molecule has 0 fully saturated rings. The van der Waals surface area contributed by atoms with Crippen LogP contribution in [0, 0.1) is 18.6 Å². The van der Waals surface area contributed by atoms with Crippen molar-refractivity contribution in [3.05, 3.63) is 72.1 Å². The Morgan fingerprint density at radius 3 is 2.43 bits per heavy atom. The van der Waals surface area contributed by atoms with Crippen LogP contribution in [0.3, 0.4) is 0 Å². The van der Waals surface area contributed by atoms with Gasteiger partial charge in [-0.25, -0.2) is 13.8 Å². The Morgan fingerprint density at radius 1 is 1.00 bits per heavy atom. The van der Waals surface area contributed by atoms with Gasteiger partial charge in [-0.2, -0.15) is 0 Å². The monoisotopic (exact) mass is 405 g/mol. The summed E-state index contributed by atoms with van der Waals surface area (Å²) in [6.07, 6.45) is 3.49. The van der Waals surface area contributed by atoms with E-state index < -0.39 is 11.6 Å². The number of hydrogen-bond acceptors (Lipinski definition) is 4.